The zero-order valence-electron chi connectivity index (χ0n) is 15.2. The van der Waals surface area contributed by atoms with E-state index in [1.807, 2.05) is 14.2 Å². The molecule has 128 valence electrons. The number of rotatable bonds is 16. The molecule has 0 radical (unpaired) electrons. The van der Waals surface area contributed by atoms with E-state index >= 15 is 0 Å². The summed E-state index contributed by atoms with van der Waals surface area (Å²) in [6, 6.07) is 0. The van der Waals surface area contributed by atoms with Gasteiger partial charge in [-0.1, -0.05) is 71.6 Å². The molecule has 2 unspecified atom stereocenters. The minimum Gasteiger partial charge on any atom is -0.384 e. The number of hydrogen-bond donors (Lipinski definition) is 0. The second-order valence-corrected chi connectivity index (χ2v) is 6.48. The molecule has 0 aliphatic rings. The van der Waals surface area contributed by atoms with Gasteiger partial charge in [0, 0.05) is 27.4 Å². The monoisotopic (exact) mass is 300 g/mol. The van der Waals surface area contributed by atoms with Crippen LogP contribution in [0.2, 0.25) is 0 Å². The fraction of sp³-hybridized carbons (Fsp3) is 1.00. The zero-order chi connectivity index (χ0) is 15.8. The molecule has 0 amide bonds. The fourth-order valence-corrected chi connectivity index (χ4v) is 3.18. The highest BCUT2D eigenvalue weighted by molar-refractivity contribution is 4.70. The fourth-order valence-electron chi connectivity index (χ4n) is 3.18. The van der Waals surface area contributed by atoms with Gasteiger partial charge in [-0.25, -0.2) is 0 Å². The van der Waals surface area contributed by atoms with Crippen molar-refractivity contribution in [2.24, 2.45) is 11.8 Å². The van der Waals surface area contributed by atoms with Crippen LogP contribution in [0.5, 0.6) is 0 Å². The Labute approximate surface area is 134 Å². The first-order chi connectivity index (χ1) is 10.3. The van der Waals surface area contributed by atoms with Crippen molar-refractivity contribution in [2.75, 3.05) is 27.4 Å². The summed E-state index contributed by atoms with van der Waals surface area (Å²) in [7, 11) is 3.67. The van der Waals surface area contributed by atoms with Crippen molar-refractivity contribution in [3.63, 3.8) is 0 Å². The molecule has 21 heavy (non-hydrogen) atoms. The number of unbranched alkanes of at least 4 members (excludes halogenated alkanes) is 7. The van der Waals surface area contributed by atoms with E-state index in [1.165, 1.54) is 70.6 Å². The highest BCUT2D eigenvalue weighted by Gasteiger charge is 2.20. The summed E-state index contributed by atoms with van der Waals surface area (Å²) in [5, 5.41) is 0. The van der Waals surface area contributed by atoms with Crippen LogP contribution in [0.1, 0.15) is 84.5 Å². The molecule has 0 aliphatic heterocycles. The highest BCUT2D eigenvalue weighted by Crippen LogP contribution is 2.25. The summed E-state index contributed by atoms with van der Waals surface area (Å²) >= 11 is 0. The van der Waals surface area contributed by atoms with Gasteiger partial charge in [-0.2, -0.15) is 0 Å². The first-order valence-corrected chi connectivity index (χ1v) is 9.27. The van der Waals surface area contributed by atoms with Crippen LogP contribution >= 0.6 is 0 Å². The maximum Gasteiger partial charge on any atom is 0.0493 e. The predicted octanol–water partition coefficient (Wildman–Crippen LogP) is 5.84. The normalized spacial score (nSPS) is 14.3. The molecule has 0 aliphatic carbocycles. The number of ether oxygens (including phenoxy) is 2. The first-order valence-electron chi connectivity index (χ1n) is 9.27. The molecule has 0 rings (SSSR count). The molecule has 2 heteroatoms. The smallest absolute Gasteiger partial charge is 0.0493 e. The van der Waals surface area contributed by atoms with E-state index in [0.29, 0.717) is 11.8 Å². The Hall–Kier alpha value is -0.0800. The van der Waals surface area contributed by atoms with Crippen LogP contribution in [-0.2, 0) is 9.47 Å². The van der Waals surface area contributed by atoms with Crippen LogP contribution in [0.3, 0.4) is 0 Å². The van der Waals surface area contributed by atoms with Gasteiger partial charge in [0.15, 0.2) is 0 Å². The van der Waals surface area contributed by atoms with Crippen molar-refractivity contribution in [1.29, 1.82) is 0 Å². The Morgan fingerprint density at radius 2 is 0.952 bits per heavy atom. The number of hydrogen-bond acceptors (Lipinski definition) is 2. The quantitative estimate of drug-likeness (QED) is 0.333. The average molecular weight is 301 g/mol. The molecule has 0 spiro atoms. The van der Waals surface area contributed by atoms with E-state index in [2.05, 4.69) is 13.8 Å². The summed E-state index contributed by atoms with van der Waals surface area (Å²) < 4.78 is 10.9. The molecular formula is C19H40O2. The lowest BCUT2D eigenvalue weighted by atomic mass is 9.85. The summed E-state index contributed by atoms with van der Waals surface area (Å²) in [4.78, 5) is 0. The third-order valence-electron chi connectivity index (χ3n) is 4.54. The highest BCUT2D eigenvalue weighted by atomic mass is 16.5. The van der Waals surface area contributed by atoms with Gasteiger partial charge in [-0.3, -0.25) is 0 Å². The molecule has 0 N–H and O–H groups in total. The molecule has 0 bridgehead atoms. The van der Waals surface area contributed by atoms with E-state index in [9.17, 15) is 0 Å². The summed E-state index contributed by atoms with van der Waals surface area (Å²) in [6.07, 6.45) is 14.8. The molecule has 2 nitrogen and oxygen atoms in total. The van der Waals surface area contributed by atoms with Gasteiger partial charge in [-0.05, 0) is 24.7 Å². The summed E-state index contributed by atoms with van der Waals surface area (Å²) in [5.74, 6) is 1.36. The predicted molar refractivity (Wildman–Crippen MR) is 92.9 cm³/mol. The molecule has 0 aromatic carbocycles. The third kappa shape index (κ3) is 12.2. The Morgan fingerprint density at radius 1 is 0.571 bits per heavy atom. The van der Waals surface area contributed by atoms with Crippen LogP contribution in [0, 0.1) is 11.8 Å². The summed E-state index contributed by atoms with van der Waals surface area (Å²) in [6.45, 7) is 6.34. The van der Waals surface area contributed by atoms with Gasteiger partial charge in [-0.15, -0.1) is 0 Å². The van der Waals surface area contributed by atoms with Crippen LogP contribution in [0.4, 0.5) is 0 Å². The Bertz CT molecular complexity index is 194. The van der Waals surface area contributed by atoms with Crippen molar-refractivity contribution >= 4 is 0 Å². The van der Waals surface area contributed by atoms with Gasteiger partial charge >= 0.3 is 0 Å². The molecule has 0 heterocycles. The Balaban J connectivity index is 4.05. The molecule has 0 aromatic heterocycles. The Kier molecular flexibility index (Phi) is 16.2. The number of methoxy groups -OCH3 is 2. The minimum absolute atomic E-state index is 0.678. The first kappa shape index (κ1) is 20.9. The maximum atomic E-state index is 5.48. The second kappa shape index (κ2) is 16.3. The second-order valence-electron chi connectivity index (χ2n) is 6.48. The average Bonchev–Trinajstić information content (AvgIpc) is 2.49. The molecule has 0 saturated carbocycles. The van der Waals surface area contributed by atoms with Gasteiger partial charge in [0.05, 0.1) is 0 Å². The van der Waals surface area contributed by atoms with Crippen LogP contribution in [0.25, 0.3) is 0 Å². The van der Waals surface area contributed by atoms with Gasteiger partial charge in [0.2, 0.25) is 0 Å². The SMILES string of the molecule is CCCCCCCCC(COC)C(CCCCC)COC. The van der Waals surface area contributed by atoms with Crippen molar-refractivity contribution in [3.05, 3.63) is 0 Å². The van der Waals surface area contributed by atoms with E-state index in [-0.39, 0.29) is 0 Å². The van der Waals surface area contributed by atoms with E-state index in [0.717, 1.165) is 13.2 Å². The van der Waals surface area contributed by atoms with Crippen molar-refractivity contribution < 1.29 is 9.47 Å². The van der Waals surface area contributed by atoms with Gasteiger partial charge in [0.25, 0.3) is 0 Å². The van der Waals surface area contributed by atoms with Crippen molar-refractivity contribution in [2.45, 2.75) is 84.5 Å². The van der Waals surface area contributed by atoms with Gasteiger partial charge < -0.3 is 9.47 Å². The van der Waals surface area contributed by atoms with E-state index < -0.39 is 0 Å². The topological polar surface area (TPSA) is 18.5 Å². The lowest BCUT2D eigenvalue weighted by molar-refractivity contribution is 0.0593. The Morgan fingerprint density at radius 3 is 1.43 bits per heavy atom. The van der Waals surface area contributed by atoms with Crippen LogP contribution < -0.4 is 0 Å². The lowest BCUT2D eigenvalue weighted by Crippen LogP contribution is -2.24. The molecule has 0 saturated heterocycles. The molecule has 0 fully saturated rings. The maximum absolute atomic E-state index is 5.48. The van der Waals surface area contributed by atoms with E-state index in [1.54, 1.807) is 0 Å². The third-order valence-corrected chi connectivity index (χ3v) is 4.54. The molecular weight excluding hydrogens is 260 g/mol. The van der Waals surface area contributed by atoms with Crippen molar-refractivity contribution in [1.82, 2.24) is 0 Å². The van der Waals surface area contributed by atoms with E-state index in [4.69, 9.17) is 9.47 Å². The zero-order valence-corrected chi connectivity index (χ0v) is 15.2. The summed E-state index contributed by atoms with van der Waals surface area (Å²) in [5.41, 5.74) is 0. The van der Waals surface area contributed by atoms with Crippen molar-refractivity contribution in [3.8, 4) is 0 Å². The lowest BCUT2D eigenvalue weighted by Gasteiger charge is -2.26. The van der Waals surface area contributed by atoms with Gasteiger partial charge in [0.1, 0.15) is 0 Å². The standard InChI is InChI=1S/C19H40O2/c1-5-7-9-10-11-13-15-19(17-21-4)18(16-20-3)14-12-8-6-2/h18-19H,5-17H2,1-4H3. The largest absolute Gasteiger partial charge is 0.384 e. The molecule has 0 aromatic rings. The molecule has 2 atom stereocenters. The minimum atomic E-state index is 0.678. The van der Waals surface area contributed by atoms with Crippen LogP contribution in [-0.4, -0.2) is 27.4 Å². The van der Waals surface area contributed by atoms with Crippen LogP contribution in [0.15, 0.2) is 0 Å².